The van der Waals surface area contributed by atoms with Crippen LogP contribution >= 0.6 is 0 Å². The van der Waals surface area contributed by atoms with Crippen molar-refractivity contribution in [3.8, 4) is 0 Å². The number of hydrogen-bond donors (Lipinski definition) is 0. The van der Waals surface area contributed by atoms with Crippen LogP contribution in [0.2, 0.25) is 0 Å². The fourth-order valence-corrected chi connectivity index (χ4v) is 8.78. The minimum Gasteiger partial charge on any atom is -0.384 e. The fraction of sp³-hybridized carbons (Fsp3) is 1.00. The highest BCUT2D eigenvalue weighted by molar-refractivity contribution is 5.15. The van der Waals surface area contributed by atoms with Crippen molar-refractivity contribution in [2.75, 3.05) is 26.9 Å². The molecule has 1 spiro atoms. The van der Waals surface area contributed by atoms with Crippen LogP contribution in [0, 0.1) is 45.8 Å². The van der Waals surface area contributed by atoms with Crippen LogP contribution in [0.25, 0.3) is 0 Å². The molecule has 5 aliphatic rings. The topological polar surface area (TPSA) is 27.7 Å². The van der Waals surface area contributed by atoms with E-state index in [4.69, 9.17) is 14.2 Å². The summed E-state index contributed by atoms with van der Waals surface area (Å²) < 4.78 is 18.6. The van der Waals surface area contributed by atoms with Gasteiger partial charge in [-0.1, -0.05) is 54.4 Å². The maximum Gasteiger partial charge on any atom is 0.174 e. The first-order valence-electron chi connectivity index (χ1n) is 13.3. The molecule has 0 aromatic carbocycles. The minimum atomic E-state index is -0.323. The Morgan fingerprint density at radius 3 is 2.19 bits per heavy atom. The van der Waals surface area contributed by atoms with E-state index < -0.39 is 0 Å². The van der Waals surface area contributed by atoms with Gasteiger partial charge in [0.15, 0.2) is 5.79 Å². The Hall–Kier alpha value is -0.120. The third kappa shape index (κ3) is 4.03. The zero-order valence-corrected chi connectivity index (χ0v) is 21.6. The molecule has 1 heterocycles. The lowest BCUT2D eigenvalue weighted by Gasteiger charge is -2.63. The Labute approximate surface area is 192 Å². The Bertz CT molecular complexity index is 612. The number of rotatable bonds is 2. The van der Waals surface area contributed by atoms with Gasteiger partial charge in [-0.25, -0.2) is 0 Å². The molecule has 5 fully saturated rings. The van der Waals surface area contributed by atoms with E-state index in [9.17, 15) is 0 Å². The molecular formula is C28H50O3. The summed E-state index contributed by atoms with van der Waals surface area (Å²) >= 11 is 0. The van der Waals surface area contributed by atoms with Crippen LogP contribution in [0.4, 0.5) is 0 Å². The molecule has 1 saturated heterocycles. The lowest BCUT2D eigenvalue weighted by molar-refractivity contribution is -0.271. The predicted octanol–water partition coefficient (Wildman–Crippen LogP) is 7.09. The quantitative estimate of drug-likeness (QED) is 0.464. The molecule has 4 aliphatic carbocycles. The summed E-state index contributed by atoms with van der Waals surface area (Å²) in [5.74, 6) is 3.72. The highest BCUT2D eigenvalue weighted by atomic mass is 16.7. The number of fused-ring (bicyclic) bond motifs is 6. The SMILES string of the molecule is CC(C)(C)C.COCC1CC2C(CCC3CCCCC32C)C2CCC3(OCCO3)[C@@]12C. The fourth-order valence-electron chi connectivity index (χ4n) is 8.78. The van der Waals surface area contributed by atoms with E-state index >= 15 is 0 Å². The van der Waals surface area contributed by atoms with E-state index in [0.717, 1.165) is 49.9 Å². The van der Waals surface area contributed by atoms with Crippen LogP contribution in [0.15, 0.2) is 0 Å². The molecule has 0 aromatic rings. The van der Waals surface area contributed by atoms with Crippen molar-refractivity contribution >= 4 is 0 Å². The van der Waals surface area contributed by atoms with Gasteiger partial charge in [-0.3, -0.25) is 0 Å². The second-order valence-electron chi connectivity index (χ2n) is 13.6. The number of ether oxygens (including phenoxy) is 3. The maximum atomic E-state index is 6.38. The molecule has 0 N–H and O–H groups in total. The van der Waals surface area contributed by atoms with E-state index in [1.54, 1.807) is 0 Å². The lowest BCUT2D eigenvalue weighted by atomic mass is 9.43. The smallest absolute Gasteiger partial charge is 0.174 e. The first-order valence-corrected chi connectivity index (χ1v) is 13.3. The summed E-state index contributed by atoms with van der Waals surface area (Å²) in [6.07, 6.45) is 12.5. The molecule has 6 unspecified atom stereocenters. The Kier molecular flexibility index (Phi) is 6.65. The summed E-state index contributed by atoms with van der Waals surface area (Å²) in [4.78, 5) is 0. The van der Waals surface area contributed by atoms with Crippen molar-refractivity contribution in [2.45, 2.75) is 105 Å². The Morgan fingerprint density at radius 2 is 1.55 bits per heavy atom. The third-order valence-electron chi connectivity index (χ3n) is 10.1. The average Bonchev–Trinajstić information content (AvgIpc) is 3.28. The highest BCUT2D eigenvalue weighted by Crippen LogP contribution is 2.71. The maximum absolute atomic E-state index is 6.38. The molecule has 3 nitrogen and oxygen atoms in total. The van der Waals surface area contributed by atoms with Crippen molar-refractivity contribution in [3.63, 3.8) is 0 Å². The summed E-state index contributed by atoms with van der Waals surface area (Å²) in [7, 11) is 1.88. The third-order valence-corrected chi connectivity index (χ3v) is 10.1. The molecule has 31 heavy (non-hydrogen) atoms. The zero-order valence-electron chi connectivity index (χ0n) is 21.6. The second kappa shape index (κ2) is 8.58. The van der Waals surface area contributed by atoms with Gasteiger partial charge < -0.3 is 14.2 Å². The molecule has 7 atom stereocenters. The molecule has 1 aliphatic heterocycles. The van der Waals surface area contributed by atoms with Gasteiger partial charge in [-0.15, -0.1) is 0 Å². The van der Waals surface area contributed by atoms with Crippen LogP contribution < -0.4 is 0 Å². The molecule has 0 bridgehead atoms. The van der Waals surface area contributed by atoms with Crippen LogP contribution in [0.5, 0.6) is 0 Å². The highest BCUT2D eigenvalue weighted by Gasteiger charge is 2.70. The zero-order chi connectivity index (χ0) is 22.5. The molecule has 3 heteroatoms. The van der Waals surface area contributed by atoms with E-state index in [1.807, 2.05) is 7.11 Å². The second-order valence-corrected chi connectivity index (χ2v) is 13.6. The largest absolute Gasteiger partial charge is 0.384 e. The van der Waals surface area contributed by atoms with Crippen LogP contribution in [0.3, 0.4) is 0 Å². The van der Waals surface area contributed by atoms with Gasteiger partial charge in [-0.05, 0) is 78.9 Å². The minimum absolute atomic E-state index is 0.124. The Balaban J connectivity index is 0.000000418. The van der Waals surface area contributed by atoms with Crippen LogP contribution in [0.1, 0.15) is 99.3 Å². The van der Waals surface area contributed by atoms with Crippen molar-refractivity contribution < 1.29 is 14.2 Å². The molecule has 180 valence electrons. The molecule has 4 saturated carbocycles. The molecule has 5 rings (SSSR count). The van der Waals surface area contributed by atoms with E-state index in [0.29, 0.717) is 16.7 Å². The van der Waals surface area contributed by atoms with Crippen molar-refractivity contribution in [2.24, 2.45) is 45.8 Å². The van der Waals surface area contributed by atoms with Crippen LogP contribution in [-0.2, 0) is 14.2 Å². The molecule has 0 amide bonds. The first kappa shape index (κ1) is 24.0. The number of methoxy groups -OCH3 is 1. The van der Waals surface area contributed by atoms with Gasteiger partial charge in [0.2, 0.25) is 0 Å². The predicted molar refractivity (Wildman–Crippen MR) is 127 cm³/mol. The molecule has 0 radical (unpaired) electrons. The van der Waals surface area contributed by atoms with E-state index in [1.165, 1.54) is 51.4 Å². The first-order chi connectivity index (χ1) is 14.6. The van der Waals surface area contributed by atoms with E-state index in [2.05, 4.69) is 41.5 Å². The van der Waals surface area contributed by atoms with E-state index in [-0.39, 0.29) is 11.2 Å². The Morgan fingerprint density at radius 1 is 0.871 bits per heavy atom. The van der Waals surface area contributed by atoms with Gasteiger partial charge in [0.05, 0.1) is 13.2 Å². The van der Waals surface area contributed by atoms with Crippen LogP contribution in [-0.4, -0.2) is 32.7 Å². The van der Waals surface area contributed by atoms with Gasteiger partial charge in [0, 0.05) is 25.6 Å². The number of hydrogen-bond acceptors (Lipinski definition) is 3. The summed E-state index contributed by atoms with van der Waals surface area (Å²) in [6, 6.07) is 0. The van der Waals surface area contributed by atoms with Gasteiger partial charge in [0.25, 0.3) is 0 Å². The van der Waals surface area contributed by atoms with Crippen molar-refractivity contribution in [1.29, 1.82) is 0 Å². The van der Waals surface area contributed by atoms with Crippen molar-refractivity contribution in [1.82, 2.24) is 0 Å². The summed E-state index contributed by atoms with van der Waals surface area (Å²) in [5.41, 5.74) is 1.19. The lowest BCUT2D eigenvalue weighted by Crippen LogP contribution is -2.61. The summed E-state index contributed by atoms with van der Waals surface area (Å²) in [6.45, 7) is 16.3. The molecular weight excluding hydrogens is 384 g/mol. The normalized spacial score (nSPS) is 46.0. The van der Waals surface area contributed by atoms with Gasteiger partial charge in [0.1, 0.15) is 0 Å². The van der Waals surface area contributed by atoms with Crippen molar-refractivity contribution in [3.05, 3.63) is 0 Å². The van der Waals surface area contributed by atoms with Gasteiger partial charge in [-0.2, -0.15) is 0 Å². The van der Waals surface area contributed by atoms with Gasteiger partial charge >= 0.3 is 0 Å². The summed E-state index contributed by atoms with van der Waals surface area (Å²) in [5, 5.41) is 0. The average molecular weight is 435 g/mol. The molecule has 0 aromatic heterocycles. The monoisotopic (exact) mass is 434 g/mol. The standard InChI is InChI=1S/C23H38O3.C5H12/c1-21-10-5-4-6-16(21)7-8-18-19-9-11-23(25-12-13-26-23)22(19,2)17(15-24-3)14-20(18)21;1-5(2,3)4/h16-20H,4-15H2,1-3H3;1-4H3/t16?,17?,18?,19?,20?,21?,22-;/m0./s1.